The molecule has 144 valence electrons. The van der Waals surface area contributed by atoms with Crippen LogP contribution in [0, 0.1) is 12.8 Å². The average molecular weight is 367 g/mol. The Labute approximate surface area is 161 Å². The summed E-state index contributed by atoms with van der Waals surface area (Å²) in [6.45, 7) is 7.64. The van der Waals surface area contributed by atoms with Gasteiger partial charge in [0.05, 0.1) is 18.8 Å². The van der Waals surface area contributed by atoms with Crippen LogP contribution in [0.3, 0.4) is 0 Å². The maximum absolute atomic E-state index is 13.0. The van der Waals surface area contributed by atoms with Crippen LogP contribution < -0.4 is 10.1 Å². The van der Waals surface area contributed by atoms with Gasteiger partial charge in [0, 0.05) is 19.3 Å². The first-order valence-corrected chi connectivity index (χ1v) is 9.62. The Balaban J connectivity index is 1.77. The van der Waals surface area contributed by atoms with Crippen LogP contribution in [0.1, 0.15) is 48.7 Å². The van der Waals surface area contributed by atoms with Gasteiger partial charge >= 0.3 is 6.03 Å². The fourth-order valence-corrected chi connectivity index (χ4v) is 3.63. The lowest BCUT2D eigenvalue weighted by Gasteiger charge is -2.28. The van der Waals surface area contributed by atoms with Crippen LogP contribution >= 0.6 is 0 Å². The Bertz CT molecular complexity index is 804. The van der Waals surface area contributed by atoms with E-state index in [0.29, 0.717) is 6.54 Å². The summed E-state index contributed by atoms with van der Waals surface area (Å²) in [5.74, 6) is 1.13. The molecule has 0 fully saturated rings. The van der Waals surface area contributed by atoms with Crippen molar-refractivity contribution in [3.8, 4) is 5.75 Å². The highest BCUT2D eigenvalue weighted by Gasteiger charge is 2.25. The van der Waals surface area contributed by atoms with Crippen LogP contribution in [-0.2, 0) is 13.0 Å². The van der Waals surface area contributed by atoms with Crippen LogP contribution in [0.4, 0.5) is 4.79 Å². The van der Waals surface area contributed by atoms with E-state index in [2.05, 4.69) is 36.3 Å². The van der Waals surface area contributed by atoms with E-state index in [1.54, 1.807) is 13.3 Å². The summed E-state index contributed by atoms with van der Waals surface area (Å²) in [5.41, 5.74) is 4.51. The summed E-state index contributed by atoms with van der Waals surface area (Å²) in [7, 11) is 1.68. The van der Waals surface area contributed by atoms with Crippen LogP contribution in [-0.4, -0.2) is 29.6 Å². The molecule has 3 rings (SSSR count). The average Bonchev–Trinajstić information content (AvgIpc) is 2.88. The Morgan fingerprint density at radius 3 is 2.78 bits per heavy atom. The van der Waals surface area contributed by atoms with Crippen molar-refractivity contribution >= 4 is 6.03 Å². The summed E-state index contributed by atoms with van der Waals surface area (Å²) < 4.78 is 5.33. The zero-order valence-corrected chi connectivity index (χ0v) is 16.7. The molecule has 2 heterocycles. The first-order chi connectivity index (χ1) is 13.0. The van der Waals surface area contributed by atoms with Gasteiger partial charge in [0.2, 0.25) is 0 Å². The fraction of sp³-hybridized carbons (Fsp3) is 0.455. The second-order valence-electron chi connectivity index (χ2n) is 7.54. The van der Waals surface area contributed by atoms with Gasteiger partial charge in [-0.05, 0) is 60.6 Å². The van der Waals surface area contributed by atoms with E-state index >= 15 is 0 Å². The molecule has 5 heteroatoms. The number of hydrogen-bond donors (Lipinski definition) is 1. The summed E-state index contributed by atoms with van der Waals surface area (Å²) >= 11 is 0. The van der Waals surface area contributed by atoms with Gasteiger partial charge in [0.1, 0.15) is 5.75 Å². The number of hydrogen-bond acceptors (Lipinski definition) is 3. The Hall–Kier alpha value is -2.56. The van der Waals surface area contributed by atoms with Crippen molar-refractivity contribution < 1.29 is 9.53 Å². The van der Waals surface area contributed by atoms with Crippen molar-refractivity contribution in [1.82, 2.24) is 15.2 Å². The molecule has 0 saturated carbocycles. The molecule has 0 radical (unpaired) electrons. The number of urea groups is 1. The highest BCUT2D eigenvalue weighted by molar-refractivity contribution is 5.75. The Morgan fingerprint density at radius 1 is 1.26 bits per heavy atom. The number of ether oxygens (including phenoxy) is 1. The predicted molar refractivity (Wildman–Crippen MR) is 107 cm³/mol. The minimum atomic E-state index is -0.0997. The van der Waals surface area contributed by atoms with Gasteiger partial charge in [-0.1, -0.05) is 26.0 Å². The molecular weight excluding hydrogens is 338 g/mol. The van der Waals surface area contributed by atoms with E-state index in [-0.39, 0.29) is 18.0 Å². The number of nitrogens with zero attached hydrogens (tertiary/aromatic N) is 2. The van der Waals surface area contributed by atoms with Crippen molar-refractivity contribution in [2.75, 3.05) is 13.7 Å². The quantitative estimate of drug-likeness (QED) is 0.879. The number of carbonyl (C=O) groups excluding carboxylic acids is 1. The standard InChI is InChI=1S/C22H29N3O2/c1-15(2)20(21-16(3)7-5-11-23-21)24-22(26)25-12-6-8-17-13-19(27-4)10-9-18(17)14-25/h5,7,9-11,13,15,20H,6,8,12,14H2,1-4H3,(H,24,26). The Morgan fingerprint density at radius 2 is 2.07 bits per heavy atom. The molecule has 1 aliphatic heterocycles. The molecule has 0 saturated heterocycles. The summed E-state index contributed by atoms with van der Waals surface area (Å²) in [6.07, 6.45) is 3.70. The largest absolute Gasteiger partial charge is 0.497 e. The summed E-state index contributed by atoms with van der Waals surface area (Å²) in [6, 6.07) is 9.97. The van der Waals surface area contributed by atoms with Crippen LogP contribution in [0.25, 0.3) is 0 Å². The predicted octanol–water partition coefficient (Wildman–Crippen LogP) is 4.25. The smallest absolute Gasteiger partial charge is 0.318 e. The van der Waals surface area contributed by atoms with E-state index in [1.165, 1.54) is 11.1 Å². The maximum Gasteiger partial charge on any atom is 0.318 e. The van der Waals surface area contributed by atoms with Crippen LogP contribution in [0.5, 0.6) is 5.75 Å². The number of carbonyl (C=O) groups is 1. The highest BCUT2D eigenvalue weighted by atomic mass is 16.5. The topological polar surface area (TPSA) is 54.5 Å². The number of nitrogens with one attached hydrogen (secondary N) is 1. The number of aryl methyl sites for hydroxylation is 2. The number of amides is 2. The molecule has 27 heavy (non-hydrogen) atoms. The number of methoxy groups -OCH3 is 1. The first kappa shape index (κ1) is 19.2. The Kier molecular flexibility index (Phi) is 5.99. The molecule has 1 N–H and O–H groups in total. The van der Waals surface area contributed by atoms with Crippen LogP contribution in [0.15, 0.2) is 36.5 Å². The number of benzene rings is 1. The zero-order valence-electron chi connectivity index (χ0n) is 16.7. The molecule has 1 aromatic heterocycles. The summed E-state index contributed by atoms with van der Waals surface area (Å²) in [5, 5.41) is 3.22. The maximum atomic E-state index is 13.0. The van der Waals surface area contributed by atoms with Gasteiger partial charge in [-0.25, -0.2) is 4.79 Å². The van der Waals surface area contributed by atoms with E-state index < -0.39 is 0 Å². The molecule has 0 aliphatic carbocycles. The van der Waals surface area contributed by atoms with E-state index in [1.807, 2.05) is 30.0 Å². The highest BCUT2D eigenvalue weighted by Crippen LogP contribution is 2.26. The molecule has 2 amide bonds. The van der Waals surface area contributed by atoms with E-state index in [9.17, 15) is 4.79 Å². The van der Waals surface area contributed by atoms with Gasteiger partial charge in [-0.2, -0.15) is 0 Å². The fourth-order valence-electron chi connectivity index (χ4n) is 3.63. The second kappa shape index (κ2) is 8.42. The van der Waals surface area contributed by atoms with Crippen molar-refractivity contribution in [2.45, 2.75) is 46.2 Å². The molecule has 0 bridgehead atoms. The minimum absolute atomic E-state index is 0.0255. The normalized spacial score (nSPS) is 15.1. The van der Waals surface area contributed by atoms with Crippen molar-refractivity contribution in [1.29, 1.82) is 0 Å². The molecule has 1 atom stereocenters. The van der Waals surface area contributed by atoms with Gasteiger partial charge in [-0.15, -0.1) is 0 Å². The van der Waals surface area contributed by atoms with Crippen molar-refractivity contribution in [2.24, 2.45) is 5.92 Å². The molecule has 1 unspecified atom stereocenters. The SMILES string of the molecule is COc1ccc2c(c1)CCCN(C(=O)NC(c1ncccc1C)C(C)C)C2. The van der Waals surface area contributed by atoms with E-state index in [4.69, 9.17) is 4.74 Å². The molecular formula is C22H29N3O2. The zero-order chi connectivity index (χ0) is 19.4. The van der Waals surface area contributed by atoms with E-state index in [0.717, 1.165) is 36.4 Å². The van der Waals surface area contributed by atoms with Gasteiger partial charge in [0.15, 0.2) is 0 Å². The number of rotatable bonds is 4. The minimum Gasteiger partial charge on any atom is -0.497 e. The third-order valence-corrected chi connectivity index (χ3v) is 5.23. The van der Waals surface area contributed by atoms with Crippen molar-refractivity contribution in [3.05, 3.63) is 58.9 Å². The first-order valence-electron chi connectivity index (χ1n) is 9.62. The lowest BCUT2D eigenvalue weighted by molar-refractivity contribution is 0.187. The molecule has 0 spiro atoms. The van der Waals surface area contributed by atoms with Crippen LogP contribution in [0.2, 0.25) is 0 Å². The number of fused-ring (bicyclic) bond motifs is 1. The lowest BCUT2D eigenvalue weighted by atomic mass is 9.97. The van der Waals surface area contributed by atoms with Gasteiger partial charge < -0.3 is 15.0 Å². The summed E-state index contributed by atoms with van der Waals surface area (Å²) in [4.78, 5) is 19.5. The number of aromatic nitrogens is 1. The third-order valence-electron chi connectivity index (χ3n) is 5.23. The third kappa shape index (κ3) is 4.41. The van der Waals surface area contributed by atoms with Gasteiger partial charge in [0.25, 0.3) is 0 Å². The monoisotopic (exact) mass is 367 g/mol. The molecule has 5 nitrogen and oxygen atoms in total. The van der Waals surface area contributed by atoms with Crippen molar-refractivity contribution in [3.63, 3.8) is 0 Å². The molecule has 1 aliphatic rings. The van der Waals surface area contributed by atoms with Gasteiger partial charge in [-0.3, -0.25) is 4.98 Å². The molecule has 1 aromatic carbocycles. The number of pyridine rings is 1. The molecule has 2 aromatic rings. The lowest BCUT2D eigenvalue weighted by Crippen LogP contribution is -2.43. The second-order valence-corrected chi connectivity index (χ2v) is 7.54.